The maximum Gasteiger partial charge on any atom is 0.243 e. The lowest BCUT2D eigenvalue weighted by atomic mass is 9.92. The summed E-state index contributed by atoms with van der Waals surface area (Å²) in [5.74, 6) is 0. The minimum atomic E-state index is -0.560. The summed E-state index contributed by atoms with van der Waals surface area (Å²) in [6.07, 6.45) is 24.9. The number of nitrogens with zero attached hydrogens (tertiary/aromatic N) is 8. The highest BCUT2D eigenvalue weighted by Crippen LogP contribution is 2.21. The van der Waals surface area contributed by atoms with Gasteiger partial charge in [0, 0.05) is 0 Å². The van der Waals surface area contributed by atoms with Gasteiger partial charge in [-0.15, -0.1) is 0 Å². The molecule has 0 aliphatic carbocycles. The van der Waals surface area contributed by atoms with E-state index in [4.69, 9.17) is 37.9 Å². The topological polar surface area (TPSA) is 109 Å². The predicted molar refractivity (Wildman–Crippen MR) is 210 cm³/mol. The molecule has 4 aromatic heterocycles. The van der Waals surface area contributed by atoms with E-state index in [0.717, 1.165) is 52.4 Å². The van der Waals surface area contributed by atoms with Crippen LogP contribution in [0.25, 0.3) is 0 Å². The zero-order chi connectivity index (χ0) is 40.2. The maximum absolute atomic E-state index is 6.26. The summed E-state index contributed by atoms with van der Waals surface area (Å²) in [6, 6.07) is 0. The summed E-state index contributed by atoms with van der Waals surface area (Å²) in [5.41, 5.74) is -0.560. The molecule has 0 aliphatic rings. The second-order valence-electron chi connectivity index (χ2n) is 14.1. The largest absolute Gasteiger partial charge is 0.378 e. The quantitative estimate of drug-likeness (QED) is 0.0502. The van der Waals surface area contributed by atoms with E-state index in [1.54, 1.807) is 0 Å². The molecule has 0 aliphatic heterocycles. The molecule has 0 amide bonds. The first-order valence-corrected chi connectivity index (χ1v) is 20.9. The molecule has 0 aromatic carbocycles. The minimum Gasteiger partial charge on any atom is -0.378 e. The van der Waals surface area contributed by atoms with E-state index >= 15 is 0 Å². The Bertz CT molecular complexity index is 1340. The van der Waals surface area contributed by atoms with Gasteiger partial charge in [-0.25, -0.2) is 36.5 Å². The standard InChI is InChI=1S/C41H72N8O8/c1-5-42-9-13-46(37-42)17-21-50-25-29-54-33-41(34-55-30-26-51-22-18-47-14-10-43(6-2)38-47,35-56-31-27-52-23-19-48-15-11-44(7-3)39-48)36-57-32-28-53-24-20-49-16-12-45(8-4)40-49/h9-16,37-40H,5-8,17-36H2,1-4H3/q+4. The Morgan fingerprint density at radius 3 is 0.772 bits per heavy atom. The monoisotopic (exact) mass is 805 g/mol. The fourth-order valence-electron chi connectivity index (χ4n) is 6.00. The zero-order valence-corrected chi connectivity index (χ0v) is 35.2. The molecule has 320 valence electrons. The van der Waals surface area contributed by atoms with Gasteiger partial charge in [-0.3, -0.25) is 0 Å². The van der Waals surface area contributed by atoms with Gasteiger partial charge in [0.15, 0.2) is 0 Å². The third-order valence-corrected chi connectivity index (χ3v) is 9.54. The zero-order valence-electron chi connectivity index (χ0n) is 35.2. The van der Waals surface area contributed by atoms with Crippen molar-refractivity contribution in [3.8, 4) is 0 Å². The second kappa shape index (κ2) is 28.0. The molecule has 16 heteroatoms. The van der Waals surface area contributed by atoms with Crippen molar-refractivity contribution in [1.82, 2.24) is 18.3 Å². The van der Waals surface area contributed by atoms with Gasteiger partial charge in [-0.2, -0.15) is 0 Å². The van der Waals surface area contributed by atoms with Crippen molar-refractivity contribution in [3.63, 3.8) is 0 Å². The van der Waals surface area contributed by atoms with E-state index in [9.17, 15) is 0 Å². The Morgan fingerprint density at radius 1 is 0.333 bits per heavy atom. The smallest absolute Gasteiger partial charge is 0.243 e. The number of ether oxygens (including phenoxy) is 8. The fourth-order valence-corrected chi connectivity index (χ4v) is 6.00. The molecule has 0 radical (unpaired) electrons. The lowest BCUT2D eigenvalue weighted by Gasteiger charge is -2.33. The van der Waals surface area contributed by atoms with Crippen LogP contribution in [0.4, 0.5) is 0 Å². The second-order valence-corrected chi connectivity index (χ2v) is 14.1. The van der Waals surface area contributed by atoms with Crippen LogP contribution in [0, 0.1) is 5.41 Å². The van der Waals surface area contributed by atoms with E-state index in [1.165, 1.54) is 0 Å². The number of aromatic nitrogens is 8. The SMILES string of the molecule is CCn1cc[n+](CCOCCOCC(COCCOCC[n+]2ccn(CC)c2)(COCCOCC[n+]2ccn(CC)c2)COCCOCC[n+]2ccn(CC)c2)c1. The molecule has 4 aromatic rings. The summed E-state index contributed by atoms with van der Waals surface area (Å²) < 4.78 is 65.8. The molecular weight excluding hydrogens is 732 g/mol. The highest BCUT2D eigenvalue weighted by molar-refractivity contribution is 4.80. The summed E-state index contributed by atoms with van der Waals surface area (Å²) in [4.78, 5) is 0. The summed E-state index contributed by atoms with van der Waals surface area (Å²) in [7, 11) is 0. The van der Waals surface area contributed by atoms with Gasteiger partial charge in [0.25, 0.3) is 0 Å². The van der Waals surface area contributed by atoms with E-state index in [-0.39, 0.29) is 0 Å². The minimum absolute atomic E-state index is 0.383. The van der Waals surface area contributed by atoms with Crippen molar-refractivity contribution in [3.05, 3.63) is 74.9 Å². The average molecular weight is 805 g/mol. The van der Waals surface area contributed by atoms with E-state index in [1.807, 2.05) is 0 Å². The number of hydrogen-bond acceptors (Lipinski definition) is 8. The number of hydrogen-bond donors (Lipinski definition) is 0. The van der Waals surface area contributed by atoms with Crippen LogP contribution in [0.2, 0.25) is 0 Å². The molecule has 0 saturated carbocycles. The Morgan fingerprint density at radius 2 is 0.561 bits per heavy atom. The highest BCUT2D eigenvalue weighted by atomic mass is 16.6. The van der Waals surface area contributed by atoms with Crippen molar-refractivity contribution in [1.29, 1.82) is 0 Å². The summed E-state index contributed by atoms with van der Waals surface area (Å²) in [6.45, 7) is 23.2. The lowest BCUT2D eigenvalue weighted by molar-refractivity contribution is -0.698. The molecule has 16 nitrogen and oxygen atoms in total. The average Bonchev–Trinajstić information content (AvgIpc) is 4.07. The molecule has 4 rings (SSSR count). The molecule has 0 atom stereocenters. The number of aryl methyl sites for hydroxylation is 4. The van der Waals surface area contributed by atoms with E-state index in [2.05, 4.69) is 139 Å². The van der Waals surface area contributed by atoms with Crippen LogP contribution >= 0.6 is 0 Å². The Labute approximate surface area is 339 Å². The molecule has 4 heterocycles. The maximum atomic E-state index is 6.26. The van der Waals surface area contributed by atoms with Crippen LogP contribution < -0.4 is 18.3 Å². The van der Waals surface area contributed by atoms with E-state index in [0.29, 0.717) is 106 Å². The molecule has 0 fully saturated rings. The van der Waals surface area contributed by atoms with E-state index < -0.39 is 5.41 Å². The van der Waals surface area contributed by atoms with Crippen molar-refractivity contribution >= 4 is 0 Å². The normalized spacial score (nSPS) is 12.0. The Hall–Kier alpha value is -3.48. The molecular formula is C41H72N8O8+4. The van der Waals surface area contributed by atoms with Gasteiger partial charge in [0.2, 0.25) is 25.3 Å². The van der Waals surface area contributed by atoms with Crippen LogP contribution in [0.15, 0.2) is 74.9 Å². The third kappa shape index (κ3) is 18.8. The van der Waals surface area contributed by atoms with Gasteiger partial charge < -0.3 is 37.9 Å². The van der Waals surface area contributed by atoms with Crippen molar-refractivity contribution in [2.45, 2.75) is 80.1 Å². The first kappa shape index (κ1) is 46.2. The number of rotatable bonds is 36. The van der Waals surface area contributed by atoms with Gasteiger partial charge in [-0.1, -0.05) is 0 Å². The third-order valence-electron chi connectivity index (χ3n) is 9.54. The molecule has 0 unspecified atom stereocenters. The van der Waals surface area contributed by atoms with Crippen LogP contribution in [-0.2, 0) is 90.3 Å². The first-order chi connectivity index (χ1) is 28.0. The van der Waals surface area contributed by atoms with Gasteiger partial charge >= 0.3 is 0 Å². The first-order valence-electron chi connectivity index (χ1n) is 20.9. The van der Waals surface area contributed by atoms with Gasteiger partial charge in [0.1, 0.15) is 75.8 Å². The van der Waals surface area contributed by atoms with Crippen LogP contribution in [0.1, 0.15) is 27.7 Å². The Balaban J connectivity index is 1.24. The highest BCUT2D eigenvalue weighted by Gasteiger charge is 2.32. The van der Waals surface area contributed by atoms with Crippen molar-refractivity contribution in [2.24, 2.45) is 5.41 Å². The molecule has 0 spiro atoms. The summed E-state index contributed by atoms with van der Waals surface area (Å²) >= 11 is 0. The van der Waals surface area contributed by atoms with Crippen molar-refractivity contribution < 1.29 is 56.2 Å². The molecule has 0 bridgehead atoms. The summed E-state index contributed by atoms with van der Waals surface area (Å²) in [5, 5.41) is 0. The fraction of sp³-hybridized carbons (Fsp3) is 0.707. The van der Waals surface area contributed by atoms with Crippen LogP contribution in [0.5, 0.6) is 0 Å². The number of imidazole rings is 4. The Kier molecular flexibility index (Phi) is 22.7. The molecule has 57 heavy (non-hydrogen) atoms. The van der Waals surface area contributed by atoms with Crippen molar-refractivity contribution in [2.75, 3.05) is 106 Å². The van der Waals surface area contributed by atoms with Crippen LogP contribution in [-0.4, -0.2) is 124 Å². The van der Waals surface area contributed by atoms with Gasteiger partial charge in [-0.05, 0) is 27.7 Å². The lowest BCUT2D eigenvalue weighted by Crippen LogP contribution is -2.43. The molecule has 0 saturated heterocycles. The van der Waals surface area contributed by atoms with Gasteiger partial charge in [0.05, 0.1) is 137 Å². The predicted octanol–water partition coefficient (Wildman–Crippen LogP) is 1.34. The molecule has 0 N–H and O–H groups in total. The van der Waals surface area contributed by atoms with Crippen LogP contribution in [0.3, 0.4) is 0 Å².